The third-order valence-corrected chi connectivity index (χ3v) is 3.28. The summed E-state index contributed by atoms with van der Waals surface area (Å²) in [5.74, 6) is 0.165. The van der Waals surface area contributed by atoms with Gasteiger partial charge in [-0.1, -0.05) is 17.7 Å². The lowest BCUT2D eigenvalue weighted by atomic mass is 9.99. The highest BCUT2D eigenvalue weighted by Gasteiger charge is 2.43. The van der Waals surface area contributed by atoms with Crippen LogP contribution in [0.1, 0.15) is 0 Å². The van der Waals surface area contributed by atoms with E-state index >= 15 is 0 Å². The van der Waals surface area contributed by atoms with Crippen LogP contribution in [-0.2, 0) is 9.47 Å². The van der Waals surface area contributed by atoms with Crippen molar-refractivity contribution in [3.8, 4) is 5.75 Å². The van der Waals surface area contributed by atoms with Crippen LogP contribution in [0.4, 0.5) is 4.79 Å². The van der Waals surface area contributed by atoms with E-state index in [0.29, 0.717) is 5.02 Å². The molecule has 8 nitrogen and oxygen atoms in total. The first-order valence-electron chi connectivity index (χ1n) is 6.36. The Kier molecular flexibility index (Phi) is 5.57. The first-order valence-corrected chi connectivity index (χ1v) is 6.74. The summed E-state index contributed by atoms with van der Waals surface area (Å²) < 4.78 is 14.4. The van der Waals surface area contributed by atoms with Gasteiger partial charge in [-0.2, -0.15) is 0 Å². The number of ether oxygens (including phenoxy) is 3. The number of halogens is 1. The molecule has 1 aliphatic heterocycles. The lowest BCUT2D eigenvalue weighted by molar-refractivity contribution is -0.286. The molecule has 0 bridgehead atoms. The van der Waals surface area contributed by atoms with Gasteiger partial charge in [-0.05, 0) is 18.2 Å². The highest BCUT2D eigenvalue weighted by atomic mass is 35.5. The molecule has 0 aliphatic carbocycles. The summed E-state index contributed by atoms with van der Waals surface area (Å²) in [5.41, 5.74) is 0. The average Bonchev–Trinajstić information content (AvgIpc) is 2.47. The molecule has 1 saturated heterocycles. The lowest BCUT2D eigenvalue weighted by Gasteiger charge is -2.37. The van der Waals surface area contributed by atoms with E-state index in [0.717, 1.165) is 0 Å². The number of carbonyl (C=O) groups excluding carboxylic acids is 1. The van der Waals surface area contributed by atoms with Gasteiger partial charge in [-0.25, -0.2) is 4.79 Å². The molecule has 22 heavy (non-hydrogen) atoms. The molecule has 0 aromatic heterocycles. The molecule has 1 aliphatic rings. The largest absolute Gasteiger partial charge is 0.513 e. The smallest absolute Gasteiger partial charge is 0.431 e. The van der Waals surface area contributed by atoms with E-state index in [-0.39, 0.29) is 5.75 Å². The van der Waals surface area contributed by atoms with Gasteiger partial charge in [0.05, 0.1) is 0 Å². The Hall–Kier alpha value is -1.42. The zero-order chi connectivity index (χ0) is 16.3. The minimum absolute atomic E-state index is 0.165. The lowest BCUT2D eigenvalue weighted by Crippen LogP contribution is -2.58. The second-order valence-corrected chi connectivity index (χ2v) is 5.09. The molecule has 5 atom stereocenters. The van der Waals surface area contributed by atoms with Crippen LogP contribution in [0.15, 0.2) is 24.3 Å². The summed E-state index contributed by atoms with van der Waals surface area (Å²) in [4.78, 5) is 11.5. The first-order chi connectivity index (χ1) is 10.4. The minimum atomic E-state index is -1.70. The summed E-state index contributed by atoms with van der Waals surface area (Å²) in [7, 11) is 0. The first kappa shape index (κ1) is 16.9. The maximum Gasteiger partial charge on any atom is 0.513 e. The van der Waals surface area contributed by atoms with E-state index in [4.69, 9.17) is 25.8 Å². The molecular formula is C13H15ClO8. The fourth-order valence-corrected chi connectivity index (χ4v) is 2.06. The molecule has 0 amide bonds. The topological polar surface area (TPSA) is 126 Å². The van der Waals surface area contributed by atoms with E-state index in [1.807, 2.05) is 0 Å². The van der Waals surface area contributed by atoms with Gasteiger partial charge in [0.2, 0.25) is 0 Å². The van der Waals surface area contributed by atoms with Crippen LogP contribution >= 0.6 is 11.6 Å². The van der Waals surface area contributed by atoms with Crippen molar-refractivity contribution in [1.29, 1.82) is 0 Å². The van der Waals surface area contributed by atoms with Crippen LogP contribution in [-0.4, -0.2) is 63.9 Å². The zero-order valence-electron chi connectivity index (χ0n) is 11.2. The van der Waals surface area contributed by atoms with Gasteiger partial charge in [0.1, 0.15) is 36.8 Å². The van der Waals surface area contributed by atoms with Crippen LogP contribution in [0.25, 0.3) is 0 Å². The molecule has 0 saturated carbocycles. The van der Waals surface area contributed by atoms with Crippen molar-refractivity contribution in [1.82, 2.24) is 0 Å². The number of benzene rings is 1. The summed E-state index contributed by atoms with van der Waals surface area (Å²) in [6, 6.07) is 6.06. The van der Waals surface area contributed by atoms with Crippen molar-refractivity contribution in [3.63, 3.8) is 0 Å². The van der Waals surface area contributed by atoms with Crippen molar-refractivity contribution in [3.05, 3.63) is 29.3 Å². The number of aliphatic hydroxyl groups is 4. The van der Waals surface area contributed by atoms with Gasteiger partial charge < -0.3 is 34.6 Å². The van der Waals surface area contributed by atoms with Crippen molar-refractivity contribution < 1.29 is 39.4 Å². The van der Waals surface area contributed by atoms with Crippen molar-refractivity contribution in [2.75, 3.05) is 6.61 Å². The molecule has 1 aromatic rings. The Labute approximate surface area is 130 Å². The maximum absolute atomic E-state index is 11.5. The van der Waals surface area contributed by atoms with Crippen LogP contribution in [0, 0.1) is 0 Å². The highest BCUT2D eigenvalue weighted by molar-refractivity contribution is 6.30. The molecule has 4 N–H and O–H groups in total. The van der Waals surface area contributed by atoms with Crippen LogP contribution in [0.3, 0.4) is 0 Å². The second-order valence-electron chi connectivity index (χ2n) is 4.66. The van der Waals surface area contributed by atoms with E-state index in [1.54, 1.807) is 12.1 Å². The molecule has 0 spiro atoms. The molecule has 1 aromatic carbocycles. The molecule has 2 rings (SSSR count). The van der Waals surface area contributed by atoms with Crippen LogP contribution < -0.4 is 4.74 Å². The van der Waals surface area contributed by atoms with Gasteiger partial charge in [-0.15, -0.1) is 0 Å². The van der Waals surface area contributed by atoms with Gasteiger partial charge in [0, 0.05) is 5.02 Å². The second kappa shape index (κ2) is 7.23. The fourth-order valence-electron chi connectivity index (χ4n) is 1.87. The van der Waals surface area contributed by atoms with Gasteiger partial charge in [0.15, 0.2) is 6.29 Å². The number of aliphatic hydroxyl groups excluding tert-OH is 4. The van der Waals surface area contributed by atoms with Crippen LogP contribution in [0.2, 0.25) is 5.02 Å². The molecule has 1 fully saturated rings. The molecule has 9 heteroatoms. The van der Waals surface area contributed by atoms with Crippen molar-refractivity contribution in [2.45, 2.75) is 30.7 Å². The fraction of sp³-hybridized carbons (Fsp3) is 0.462. The summed E-state index contributed by atoms with van der Waals surface area (Å²) in [5, 5.41) is 38.2. The number of hydrogen-bond donors (Lipinski definition) is 4. The number of hydrogen-bond acceptors (Lipinski definition) is 8. The zero-order valence-corrected chi connectivity index (χ0v) is 12.0. The number of rotatable bonds is 3. The molecule has 0 unspecified atom stereocenters. The average molecular weight is 335 g/mol. The summed E-state index contributed by atoms with van der Waals surface area (Å²) >= 11 is 5.73. The predicted octanol–water partition coefficient (Wildman–Crippen LogP) is -0.345. The normalized spacial score (nSPS) is 31.6. The monoisotopic (exact) mass is 334 g/mol. The van der Waals surface area contributed by atoms with Gasteiger partial charge in [-0.3, -0.25) is 0 Å². The molecule has 1 heterocycles. The minimum Gasteiger partial charge on any atom is -0.431 e. The van der Waals surface area contributed by atoms with Gasteiger partial charge >= 0.3 is 6.16 Å². The number of carbonyl (C=O) groups is 1. The standard InChI is InChI=1S/C13H15ClO8/c14-6-2-1-3-7(4-6)21-13(19)20-5-8-9(15)10(16)11(17)12(18)22-8/h1-4,8-12,15-18H,5H2/t8-,9-,10+,11-,12+/m1/s1. The van der Waals surface area contributed by atoms with Crippen LogP contribution in [0.5, 0.6) is 5.75 Å². The Morgan fingerprint density at radius 1 is 1.18 bits per heavy atom. The van der Waals surface area contributed by atoms with E-state index < -0.39 is 43.5 Å². The highest BCUT2D eigenvalue weighted by Crippen LogP contribution is 2.21. The molecule has 0 radical (unpaired) electrons. The Balaban J connectivity index is 1.85. The molecule has 122 valence electrons. The predicted molar refractivity (Wildman–Crippen MR) is 72.3 cm³/mol. The Morgan fingerprint density at radius 2 is 1.91 bits per heavy atom. The van der Waals surface area contributed by atoms with E-state index in [1.165, 1.54) is 12.1 Å². The van der Waals surface area contributed by atoms with Crippen molar-refractivity contribution >= 4 is 17.8 Å². The van der Waals surface area contributed by atoms with Crippen molar-refractivity contribution in [2.24, 2.45) is 0 Å². The summed E-state index contributed by atoms with van der Waals surface area (Å²) in [6.45, 7) is -0.485. The maximum atomic E-state index is 11.5. The Morgan fingerprint density at radius 3 is 2.59 bits per heavy atom. The van der Waals surface area contributed by atoms with E-state index in [2.05, 4.69) is 0 Å². The third kappa shape index (κ3) is 4.07. The Bertz CT molecular complexity index is 525. The summed E-state index contributed by atoms with van der Waals surface area (Å²) in [6.07, 6.45) is -8.78. The third-order valence-electron chi connectivity index (χ3n) is 3.05. The van der Waals surface area contributed by atoms with Gasteiger partial charge in [0.25, 0.3) is 0 Å². The van der Waals surface area contributed by atoms with E-state index in [9.17, 15) is 25.2 Å². The SMILES string of the molecule is O=C(OC[C@H]1O[C@H](O)[C@H](O)[C@@H](O)[C@@H]1O)Oc1cccc(Cl)c1. The molecular weight excluding hydrogens is 320 g/mol. The quantitative estimate of drug-likeness (QED) is 0.437.